The average molecular weight is 434 g/mol. The van der Waals surface area contributed by atoms with E-state index in [1.54, 1.807) is 18.2 Å². The van der Waals surface area contributed by atoms with E-state index in [-0.39, 0.29) is 10.8 Å². The lowest BCUT2D eigenvalue weighted by atomic mass is 10.2. The van der Waals surface area contributed by atoms with Gasteiger partial charge in [-0.25, -0.2) is 14.4 Å². The third kappa shape index (κ3) is 5.34. The molecule has 0 radical (unpaired) electrons. The standard InChI is InChI=1S/C21H21ClFN3O4/c1-29-19-10-18-15(9-20(19)30-7-3-2-4-14(28)11-27)21(25-12-24-18)26-13-5-6-17(23)16(22)8-13/h5-6,8-10,12,27H,2-4,7,11H2,1H3,(H,24,25,26). The van der Waals surface area contributed by atoms with Gasteiger partial charge in [0, 0.05) is 23.6 Å². The molecule has 0 aliphatic carbocycles. The van der Waals surface area contributed by atoms with Gasteiger partial charge < -0.3 is 19.9 Å². The Morgan fingerprint density at radius 2 is 2.03 bits per heavy atom. The number of carbonyl (C=O) groups excluding carboxylic acids is 1. The Kier molecular flexibility index (Phi) is 7.37. The van der Waals surface area contributed by atoms with E-state index in [2.05, 4.69) is 15.3 Å². The molecule has 1 aromatic heterocycles. The number of benzene rings is 2. The molecule has 9 heteroatoms. The second-order valence-corrected chi connectivity index (χ2v) is 6.91. The van der Waals surface area contributed by atoms with Crippen molar-refractivity contribution < 1.29 is 23.8 Å². The summed E-state index contributed by atoms with van der Waals surface area (Å²) in [6, 6.07) is 7.81. The molecule has 7 nitrogen and oxygen atoms in total. The maximum Gasteiger partial charge on any atom is 0.162 e. The van der Waals surface area contributed by atoms with Crippen molar-refractivity contribution in [1.82, 2.24) is 9.97 Å². The van der Waals surface area contributed by atoms with E-state index in [9.17, 15) is 9.18 Å². The monoisotopic (exact) mass is 433 g/mol. The molecule has 0 spiro atoms. The fraction of sp³-hybridized carbons (Fsp3) is 0.286. The molecule has 3 aromatic rings. The minimum atomic E-state index is -0.504. The first-order chi connectivity index (χ1) is 14.5. The van der Waals surface area contributed by atoms with Gasteiger partial charge in [0.05, 0.1) is 24.3 Å². The van der Waals surface area contributed by atoms with Gasteiger partial charge in [0.1, 0.15) is 24.6 Å². The van der Waals surface area contributed by atoms with Crippen molar-refractivity contribution in [2.24, 2.45) is 0 Å². The maximum absolute atomic E-state index is 13.4. The molecule has 0 unspecified atom stereocenters. The van der Waals surface area contributed by atoms with Crippen molar-refractivity contribution in [3.05, 3.63) is 47.5 Å². The lowest BCUT2D eigenvalue weighted by Gasteiger charge is -2.14. The molecule has 0 atom stereocenters. The van der Waals surface area contributed by atoms with E-state index in [4.69, 9.17) is 26.2 Å². The number of hydrogen-bond donors (Lipinski definition) is 2. The summed E-state index contributed by atoms with van der Waals surface area (Å²) >= 11 is 5.86. The van der Waals surface area contributed by atoms with Crippen LogP contribution in [0.15, 0.2) is 36.7 Å². The fourth-order valence-corrected chi connectivity index (χ4v) is 3.01. The van der Waals surface area contributed by atoms with Crippen LogP contribution < -0.4 is 14.8 Å². The van der Waals surface area contributed by atoms with E-state index in [1.165, 1.54) is 25.6 Å². The molecule has 0 saturated carbocycles. The normalized spacial score (nSPS) is 10.8. The SMILES string of the molecule is COc1cc2ncnc(Nc3ccc(F)c(Cl)c3)c2cc1OCCCCC(=O)CO. The number of methoxy groups -OCH3 is 1. The van der Waals surface area contributed by atoms with Crippen LogP contribution in [0.2, 0.25) is 5.02 Å². The average Bonchev–Trinajstić information content (AvgIpc) is 2.75. The number of nitrogens with one attached hydrogen (secondary N) is 1. The number of ether oxygens (including phenoxy) is 2. The van der Waals surface area contributed by atoms with Crippen molar-refractivity contribution in [3.63, 3.8) is 0 Å². The van der Waals surface area contributed by atoms with Crippen molar-refractivity contribution in [2.45, 2.75) is 19.3 Å². The van der Waals surface area contributed by atoms with Gasteiger partial charge >= 0.3 is 0 Å². The van der Waals surface area contributed by atoms with Gasteiger partial charge in [0.15, 0.2) is 17.3 Å². The van der Waals surface area contributed by atoms with Crippen LogP contribution >= 0.6 is 11.6 Å². The number of fused-ring (bicyclic) bond motifs is 1. The van der Waals surface area contributed by atoms with E-state index >= 15 is 0 Å². The van der Waals surface area contributed by atoms with Gasteiger partial charge in [-0.3, -0.25) is 4.79 Å². The summed E-state index contributed by atoms with van der Waals surface area (Å²) in [4.78, 5) is 19.7. The summed E-state index contributed by atoms with van der Waals surface area (Å²) in [6.07, 6.45) is 3.00. The van der Waals surface area contributed by atoms with Crippen molar-refractivity contribution in [2.75, 3.05) is 25.6 Å². The number of ketones is 1. The molecule has 0 saturated heterocycles. The Hall–Kier alpha value is -2.97. The second-order valence-electron chi connectivity index (χ2n) is 6.50. The Morgan fingerprint density at radius 1 is 1.20 bits per heavy atom. The molecule has 30 heavy (non-hydrogen) atoms. The number of aliphatic hydroxyl groups excluding tert-OH is 1. The molecular weight excluding hydrogens is 413 g/mol. The third-order valence-corrected chi connectivity index (χ3v) is 4.68. The minimum Gasteiger partial charge on any atom is -0.493 e. The van der Waals surface area contributed by atoms with Gasteiger partial charge in [-0.15, -0.1) is 0 Å². The van der Waals surface area contributed by atoms with Crippen LogP contribution in [0.1, 0.15) is 19.3 Å². The summed E-state index contributed by atoms with van der Waals surface area (Å²) in [6.45, 7) is -0.0566. The number of halogens is 2. The number of nitrogens with zero attached hydrogens (tertiary/aromatic N) is 2. The van der Waals surface area contributed by atoms with Gasteiger partial charge in [-0.1, -0.05) is 11.6 Å². The quantitative estimate of drug-likeness (QED) is 0.461. The van der Waals surface area contributed by atoms with Crippen LogP contribution in [-0.2, 0) is 4.79 Å². The summed E-state index contributed by atoms with van der Waals surface area (Å²) in [7, 11) is 1.54. The predicted molar refractivity (Wildman–Crippen MR) is 112 cm³/mol. The van der Waals surface area contributed by atoms with Gasteiger partial charge in [-0.2, -0.15) is 0 Å². The topological polar surface area (TPSA) is 93.6 Å². The zero-order chi connectivity index (χ0) is 21.5. The largest absolute Gasteiger partial charge is 0.493 e. The molecule has 2 N–H and O–H groups in total. The van der Waals surface area contributed by atoms with Gasteiger partial charge in [0.2, 0.25) is 0 Å². The highest BCUT2D eigenvalue weighted by Crippen LogP contribution is 2.35. The molecule has 158 valence electrons. The fourth-order valence-electron chi connectivity index (χ4n) is 2.83. The molecule has 2 aromatic carbocycles. The number of hydrogen-bond acceptors (Lipinski definition) is 7. The van der Waals surface area contributed by atoms with E-state index in [0.717, 1.165) is 0 Å². The number of rotatable bonds is 10. The molecule has 3 rings (SSSR count). The molecule has 0 bridgehead atoms. The lowest BCUT2D eigenvalue weighted by Crippen LogP contribution is -2.05. The first kappa shape index (κ1) is 21.7. The van der Waals surface area contributed by atoms with Crippen molar-refractivity contribution in [3.8, 4) is 11.5 Å². The van der Waals surface area contributed by atoms with E-state index in [0.29, 0.717) is 59.8 Å². The number of carbonyl (C=O) groups is 1. The Labute approximate surface area is 177 Å². The van der Waals surface area contributed by atoms with Crippen LogP contribution in [-0.4, -0.2) is 41.2 Å². The van der Waals surface area contributed by atoms with Crippen molar-refractivity contribution in [1.29, 1.82) is 0 Å². The van der Waals surface area contributed by atoms with E-state index < -0.39 is 12.4 Å². The van der Waals surface area contributed by atoms with Gasteiger partial charge in [0.25, 0.3) is 0 Å². The molecule has 0 aliphatic rings. The zero-order valence-electron chi connectivity index (χ0n) is 16.3. The number of anilines is 2. The molecule has 0 amide bonds. The van der Waals surface area contributed by atoms with Crippen LogP contribution in [0.4, 0.5) is 15.9 Å². The third-order valence-electron chi connectivity index (χ3n) is 4.39. The number of unbranched alkanes of at least 4 members (excludes halogenated alkanes) is 1. The predicted octanol–water partition coefficient (Wildman–Crippen LogP) is 4.29. The van der Waals surface area contributed by atoms with Crippen LogP contribution in [0.3, 0.4) is 0 Å². The minimum absolute atomic E-state index is 0.00346. The highest BCUT2D eigenvalue weighted by atomic mass is 35.5. The zero-order valence-corrected chi connectivity index (χ0v) is 17.1. The van der Waals surface area contributed by atoms with Crippen molar-refractivity contribution >= 4 is 39.8 Å². The van der Waals surface area contributed by atoms with Crippen LogP contribution in [0, 0.1) is 5.82 Å². The highest BCUT2D eigenvalue weighted by molar-refractivity contribution is 6.31. The molecule has 0 fully saturated rings. The smallest absolute Gasteiger partial charge is 0.162 e. The highest BCUT2D eigenvalue weighted by Gasteiger charge is 2.12. The summed E-state index contributed by atoms with van der Waals surface area (Å²) < 4.78 is 24.7. The van der Waals surface area contributed by atoms with Crippen LogP contribution in [0.5, 0.6) is 11.5 Å². The Balaban J connectivity index is 1.80. The second kappa shape index (κ2) is 10.2. The summed E-state index contributed by atoms with van der Waals surface area (Å²) in [5.41, 5.74) is 1.21. The summed E-state index contributed by atoms with van der Waals surface area (Å²) in [5, 5.41) is 12.6. The Bertz CT molecular complexity index is 1050. The molecule has 0 aliphatic heterocycles. The molecular formula is C21H21ClFN3O4. The summed E-state index contributed by atoms with van der Waals surface area (Å²) in [5.74, 6) is 0.837. The lowest BCUT2D eigenvalue weighted by molar-refractivity contribution is -0.121. The maximum atomic E-state index is 13.4. The van der Waals surface area contributed by atoms with Crippen LogP contribution in [0.25, 0.3) is 10.9 Å². The van der Waals surface area contributed by atoms with E-state index in [1.807, 2.05) is 0 Å². The Morgan fingerprint density at radius 3 is 2.77 bits per heavy atom. The number of aliphatic hydroxyl groups is 1. The first-order valence-electron chi connectivity index (χ1n) is 9.32. The number of aromatic nitrogens is 2. The molecule has 1 heterocycles. The first-order valence-corrected chi connectivity index (χ1v) is 9.69. The number of Topliss-reactive ketones (excluding diaryl/α,β-unsaturated/α-hetero) is 1. The van der Waals surface area contributed by atoms with Gasteiger partial charge in [-0.05, 0) is 37.1 Å².